The average molecular weight is 395 g/mol. The SMILES string of the molecule is O=C1N=C2CCCCCN2C1=Cc1ccccc1OC(=O)c1ccccc1Cl. The zero-order valence-corrected chi connectivity index (χ0v) is 16.0. The van der Waals surface area contributed by atoms with E-state index in [-0.39, 0.29) is 5.91 Å². The predicted octanol–water partition coefficient (Wildman–Crippen LogP) is 4.71. The number of esters is 1. The second-order valence-corrected chi connectivity index (χ2v) is 7.14. The molecule has 6 heteroatoms. The highest BCUT2D eigenvalue weighted by molar-refractivity contribution is 6.33. The summed E-state index contributed by atoms with van der Waals surface area (Å²) in [6, 6.07) is 13.9. The minimum atomic E-state index is -0.541. The smallest absolute Gasteiger partial charge is 0.345 e. The topological polar surface area (TPSA) is 59.0 Å². The number of rotatable bonds is 3. The maximum absolute atomic E-state index is 12.5. The van der Waals surface area contributed by atoms with Gasteiger partial charge in [-0.05, 0) is 37.1 Å². The van der Waals surface area contributed by atoms with E-state index in [1.54, 1.807) is 42.5 Å². The van der Waals surface area contributed by atoms with Crippen LogP contribution in [0.4, 0.5) is 0 Å². The highest BCUT2D eigenvalue weighted by atomic mass is 35.5. The van der Waals surface area contributed by atoms with E-state index in [0.29, 0.717) is 27.6 Å². The first kappa shape index (κ1) is 18.4. The summed E-state index contributed by atoms with van der Waals surface area (Å²) in [5, 5.41) is 0.330. The van der Waals surface area contributed by atoms with Crippen LogP contribution in [0.2, 0.25) is 5.02 Å². The molecule has 1 saturated heterocycles. The fraction of sp³-hybridized carbons (Fsp3) is 0.227. The Kier molecular flexibility index (Phi) is 5.26. The molecular formula is C22H19ClN2O3. The van der Waals surface area contributed by atoms with Crippen LogP contribution in [-0.4, -0.2) is 29.2 Å². The minimum absolute atomic E-state index is 0.246. The van der Waals surface area contributed by atoms with Crippen molar-refractivity contribution in [2.75, 3.05) is 6.54 Å². The number of ether oxygens (including phenoxy) is 1. The largest absolute Gasteiger partial charge is 0.422 e. The molecule has 2 aliphatic rings. The summed E-state index contributed by atoms with van der Waals surface area (Å²) in [6.07, 6.45) is 5.75. The number of hydrogen-bond acceptors (Lipinski definition) is 4. The number of amidine groups is 1. The number of hydrogen-bond donors (Lipinski definition) is 0. The summed E-state index contributed by atoms with van der Waals surface area (Å²) in [5.41, 5.74) is 1.46. The van der Waals surface area contributed by atoms with Crippen LogP contribution in [0.3, 0.4) is 0 Å². The van der Waals surface area contributed by atoms with Gasteiger partial charge in [0.25, 0.3) is 5.91 Å². The lowest BCUT2D eigenvalue weighted by Gasteiger charge is -2.18. The third kappa shape index (κ3) is 3.71. The number of fused-ring (bicyclic) bond motifs is 1. The molecule has 0 unspecified atom stereocenters. The Labute approximate surface area is 168 Å². The summed E-state index contributed by atoms with van der Waals surface area (Å²) < 4.78 is 5.58. The third-order valence-corrected chi connectivity index (χ3v) is 5.17. The first-order valence-corrected chi connectivity index (χ1v) is 9.68. The van der Waals surface area contributed by atoms with E-state index < -0.39 is 5.97 Å². The van der Waals surface area contributed by atoms with Crippen LogP contribution in [0, 0.1) is 0 Å². The summed E-state index contributed by atoms with van der Waals surface area (Å²) in [7, 11) is 0. The second kappa shape index (κ2) is 7.98. The van der Waals surface area contributed by atoms with Crippen molar-refractivity contribution in [1.29, 1.82) is 0 Å². The molecular weight excluding hydrogens is 376 g/mol. The normalized spacial score (nSPS) is 17.9. The van der Waals surface area contributed by atoms with E-state index in [1.807, 2.05) is 17.0 Å². The van der Waals surface area contributed by atoms with Crippen LogP contribution in [0.15, 0.2) is 59.2 Å². The van der Waals surface area contributed by atoms with E-state index >= 15 is 0 Å². The van der Waals surface area contributed by atoms with Gasteiger partial charge in [0.15, 0.2) is 0 Å². The van der Waals surface area contributed by atoms with Crippen molar-refractivity contribution >= 4 is 35.4 Å². The standard InChI is InChI=1S/C22H19ClN2O3/c23-17-10-5-4-9-16(17)22(27)28-19-11-6-3-8-15(19)14-18-21(26)24-20-12-2-1-7-13-25(18)20/h3-6,8-11,14H,1-2,7,12-13H2. The fourth-order valence-corrected chi connectivity index (χ4v) is 3.63. The molecule has 0 aliphatic carbocycles. The van der Waals surface area contributed by atoms with Gasteiger partial charge < -0.3 is 9.64 Å². The van der Waals surface area contributed by atoms with Gasteiger partial charge >= 0.3 is 5.97 Å². The fourth-order valence-electron chi connectivity index (χ4n) is 3.42. The van der Waals surface area contributed by atoms with Gasteiger partial charge in [-0.2, -0.15) is 4.99 Å². The van der Waals surface area contributed by atoms with Gasteiger partial charge in [0.2, 0.25) is 0 Å². The summed E-state index contributed by atoms with van der Waals surface area (Å²) in [5.74, 6) is 0.417. The number of nitrogens with zero attached hydrogens (tertiary/aromatic N) is 2. The van der Waals surface area contributed by atoms with E-state index in [0.717, 1.165) is 38.1 Å². The molecule has 2 aromatic rings. The van der Waals surface area contributed by atoms with Crippen LogP contribution >= 0.6 is 11.6 Å². The molecule has 2 aromatic carbocycles. The predicted molar refractivity (Wildman–Crippen MR) is 108 cm³/mol. The Hall–Kier alpha value is -2.92. The summed E-state index contributed by atoms with van der Waals surface area (Å²) in [6.45, 7) is 0.776. The average Bonchev–Trinajstić information content (AvgIpc) is 2.84. The molecule has 4 rings (SSSR count). The van der Waals surface area contributed by atoms with Gasteiger partial charge in [-0.1, -0.05) is 48.4 Å². The number of carbonyl (C=O) groups is 2. The first-order valence-electron chi connectivity index (χ1n) is 9.30. The van der Waals surface area contributed by atoms with Crippen LogP contribution in [0.1, 0.15) is 41.6 Å². The Morgan fingerprint density at radius 1 is 1.07 bits per heavy atom. The van der Waals surface area contributed by atoms with Gasteiger partial charge in [0.05, 0.1) is 10.6 Å². The molecule has 2 aliphatic heterocycles. The lowest BCUT2D eigenvalue weighted by Crippen LogP contribution is -2.26. The third-order valence-electron chi connectivity index (χ3n) is 4.84. The summed E-state index contributed by atoms with van der Waals surface area (Å²) in [4.78, 5) is 31.2. The Balaban J connectivity index is 1.63. The Morgan fingerprint density at radius 2 is 1.86 bits per heavy atom. The molecule has 1 amide bonds. The number of para-hydroxylation sites is 1. The van der Waals surface area contributed by atoms with Crippen LogP contribution in [0.5, 0.6) is 5.75 Å². The van der Waals surface area contributed by atoms with Crippen molar-refractivity contribution < 1.29 is 14.3 Å². The monoisotopic (exact) mass is 394 g/mol. The van der Waals surface area contributed by atoms with Crippen molar-refractivity contribution in [3.05, 3.63) is 70.4 Å². The lowest BCUT2D eigenvalue weighted by atomic mass is 10.1. The van der Waals surface area contributed by atoms with Crippen molar-refractivity contribution in [3.8, 4) is 5.75 Å². The van der Waals surface area contributed by atoms with E-state index in [1.165, 1.54) is 0 Å². The molecule has 28 heavy (non-hydrogen) atoms. The zero-order chi connectivity index (χ0) is 19.5. The zero-order valence-electron chi connectivity index (χ0n) is 15.2. The van der Waals surface area contributed by atoms with E-state index in [4.69, 9.17) is 16.3 Å². The molecule has 0 saturated carbocycles. The van der Waals surface area contributed by atoms with E-state index in [2.05, 4.69) is 4.99 Å². The summed E-state index contributed by atoms with van der Waals surface area (Å²) >= 11 is 6.09. The van der Waals surface area contributed by atoms with Gasteiger partial charge in [-0.25, -0.2) is 4.79 Å². The molecule has 5 nitrogen and oxygen atoms in total. The number of amides is 1. The first-order chi connectivity index (χ1) is 13.6. The second-order valence-electron chi connectivity index (χ2n) is 6.73. The maximum atomic E-state index is 12.5. The number of carbonyl (C=O) groups excluding carboxylic acids is 2. The maximum Gasteiger partial charge on any atom is 0.345 e. The van der Waals surface area contributed by atoms with Crippen LogP contribution in [-0.2, 0) is 4.79 Å². The molecule has 1 fully saturated rings. The Bertz CT molecular complexity index is 997. The molecule has 142 valence electrons. The van der Waals surface area contributed by atoms with Crippen molar-refractivity contribution in [2.45, 2.75) is 25.7 Å². The quantitative estimate of drug-likeness (QED) is 0.429. The molecule has 2 heterocycles. The van der Waals surface area contributed by atoms with E-state index in [9.17, 15) is 9.59 Å². The molecule has 0 aromatic heterocycles. The number of halogens is 1. The van der Waals surface area contributed by atoms with Gasteiger partial charge in [0, 0.05) is 18.5 Å². The van der Waals surface area contributed by atoms with Crippen molar-refractivity contribution in [2.24, 2.45) is 4.99 Å². The van der Waals surface area contributed by atoms with Crippen LogP contribution < -0.4 is 4.74 Å². The molecule has 0 spiro atoms. The molecule has 0 atom stereocenters. The number of benzene rings is 2. The Morgan fingerprint density at radius 3 is 2.71 bits per heavy atom. The highest BCUT2D eigenvalue weighted by Crippen LogP contribution is 2.29. The van der Waals surface area contributed by atoms with Crippen molar-refractivity contribution in [1.82, 2.24) is 4.90 Å². The minimum Gasteiger partial charge on any atom is -0.422 e. The van der Waals surface area contributed by atoms with Crippen LogP contribution in [0.25, 0.3) is 6.08 Å². The molecule has 0 N–H and O–H groups in total. The van der Waals surface area contributed by atoms with Crippen molar-refractivity contribution in [3.63, 3.8) is 0 Å². The van der Waals surface area contributed by atoms with Gasteiger partial charge in [0.1, 0.15) is 17.3 Å². The molecule has 0 bridgehead atoms. The molecule has 0 radical (unpaired) electrons. The highest BCUT2D eigenvalue weighted by Gasteiger charge is 2.30. The lowest BCUT2D eigenvalue weighted by molar-refractivity contribution is -0.114. The van der Waals surface area contributed by atoms with Gasteiger partial charge in [-0.15, -0.1) is 0 Å². The number of aliphatic imine (C=N–C) groups is 1. The van der Waals surface area contributed by atoms with Gasteiger partial charge in [-0.3, -0.25) is 4.79 Å².